The molecule has 1 aliphatic heterocycles. The molecule has 0 amide bonds. The van der Waals surface area contributed by atoms with E-state index in [2.05, 4.69) is 30.0 Å². The lowest BCUT2D eigenvalue weighted by Crippen LogP contribution is -2.14. The molecule has 0 atom stereocenters. The second-order valence-electron chi connectivity index (χ2n) is 5.54. The van der Waals surface area contributed by atoms with E-state index in [-0.39, 0.29) is 5.78 Å². The van der Waals surface area contributed by atoms with E-state index in [0.29, 0.717) is 0 Å². The molecule has 106 valence electrons. The highest BCUT2D eigenvalue weighted by Gasteiger charge is 2.19. The Morgan fingerprint density at radius 2 is 1.90 bits per heavy atom. The van der Waals surface area contributed by atoms with Crippen molar-refractivity contribution in [1.82, 2.24) is 0 Å². The Bertz CT molecular complexity index is 701. The van der Waals surface area contributed by atoms with Crippen LogP contribution in [-0.4, -0.2) is 12.3 Å². The standard InChI is InChI=1S/C19H19NO/c1-14-8-9-19-17(12-14)10-11-20(19)13-18(15(2)21)16-6-4-3-5-7-16/h3-9,12-13H,10-11H2,1-2H3/b18-13+. The van der Waals surface area contributed by atoms with Gasteiger partial charge in [0.2, 0.25) is 0 Å². The van der Waals surface area contributed by atoms with E-state index in [1.54, 1.807) is 6.92 Å². The third kappa shape index (κ3) is 2.75. The van der Waals surface area contributed by atoms with Crippen LogP contribution in [0.2, 0.25) is 0 Å². The number of Topliss-reactive ketones (excluding diaryl/α,β-unsaturated/α-hetero) is 1. The molecule has 0 saturated carbocycles. The molecule has 1 heterocycles. The lowest BCUT2D eigenvalue weighted by molar-refractivity contribution is -0.111. The summed E-state index contributed by atoms with van der Waals surface area (Å²) in [5, 5.41) is 0. The van der Waals surface area contributed by atoms with Gasteiger partial charge in [0.25, 0.3) is 0 Å². The summed E-state index contributed by atoms with van der Waals surface area (Å²) in [4.78, 5) is 14.2. The van der Waals surface area contributed by atoms with Gasteiger partial charge in [-0.15, -0.1) is 0 Å². The number of rotatable bonds is 3. The van der Waals surface area contributed by atoms with Crippen molar-refractivity contribution in [3.8, 4) is 0 Å². The van der Waals surface area contributed by atoms with Crippen molar-refractivity contribution in [2.75, 3.05) is 11.4 Å². The maximum Gasteiger partial charge on any atom is 0.161 e. The minimum absolute atomic E-state index is 0.0989. The Labute approximate surface area is 125 Å². The number of hydrogen-bond donors (Lipinski definition) is 0. The molecule has 2 aromatic rings. The summed E-state index contributed by atoms with van der Waals surface area (Å²) in [7, 11) is 0. The molecule has 0 spiro atoms. The molecular weight excluding hydrogens is 258 g/mol. The van der Waals surface area contributed by atoms with E-state index in [0.717, 1.165) is 24.1 Å². The Hall–Kier alpha value is -2.35. The third-order valence-corrected chi connectivity index (χ3v) is 3.92. The van der Waals surface area contributed by atoms with Crippen molar-refractivity contribution in [2.24, 2.45) is 0 Å². The van der Waals surface area contributed by atoms with Crippen molar-refractivity contribution >= 4 is 17.0 Å². The van der Waals surface area contributed by atoms with Gasteiger partial charge >= 0.3 is 0 Å². The number of allylic oxidation sites excluding steroid dienone is 1. The van der Waals surface area contributed by atoms with Crippen LogP contribution in [0.25, 0.3) is 5.57 Å². The van der Waals surface area contributed by atoms with Crippen LogP contribution in [-0.2, 0) is 11.2 Å². The molecule has 2 nitrogen and oxygen atoms in total. The summed E-state index contributed by atoms with van der Waals surface area (Å²) in [5.41, 5.74) is 5.61. The molecule has 2 heteroatoms. The van der Waals surface area contributed by atoms with Crippen LogP contribution in [0.3, 0.4) is 0 Å². The summed E-state index contributed by atoms with van der Waals surface area (Å²) in [6, 6.07) is 16.4. The van der Waals surface area contributed by atoms with Gasteiger partial charge in [0.15, 0.2) is 5.78 Å². The van der Waals surface area contributed by atoms with Gasteiger partial charge in [-0.25, -0.2) is 0 Å². The number of carbonyl (C=O) groups excluding carboxylic acids is 1. The number of nitrogens with zero attached hydrogens (tertiary/aromatic N) is 1. The van der Waals surface area contributed by atoms with Crippen LogP contribution in [0.15, 0.2) is 54.7 Å². The van der Waals surface area contributed by atoms with Gasteiger partial charge in [-0.05, 0) is 37.5 Å². The lowest BCUT2D eigenvalue weighted by atomic mass is 10.0. The van der Waals surface area contributed by atoms with Crippen molar-refractivity contribution in [1.29, 1.82) is 0 Å². The van der Waals surface area contributed by atoms with Gasteiger partial charge in [-0.1, -0.05) is 48.0 Å². The molecule has 2 aromatic carbocycles. The molecule has 0 radical (unpaired) electrons. The first-order valence-electron chi connectivity index (χ1n) is 7.29. The Kier molecular flexibility index (Phi) is 3.61. The maximum absolute atomic E-state index is 12.0. The number of hydrogen-bond acceptors (Lipinski definition) is 2. The van der Waals surface area contributed by atoms with Gasteiger partial charge in [-0.3, -0.25) is 4.79 Å². The quantitative estimate of drug-likeness (QED) is 0.791. The molecule has 0 unspecified atom stereocenters. The van der Waals surface area contributed by atoms with Crippen LogP contribution in [0.1, 0.15) is 23.6 Å². The molecule has 0 bridgehead atoms. The zero-order chi connectivity index (χ0) is 14.8. The van der Waals surface area contributed by atoms with E-state index in [4.69, 9.17) is 0 Å². The molecule has 0 aromatic heterocycles. The van der Waals surface area contributed by atoms with Crippen molar-refractivity contribution in [3.63, 3.8) is 0 Å². The summed E-state index contributed by atoms with van der Waals surface area (Å²) in [6.07, 6.45) is 3.03. The first-order chi connectivity index (χ1) is 10.1. The third-order valence-electron chi connectivity index (χ3n) is 3.92. The average Bonchev–Trinajstić information content (AvgIpc) is 2.87. The minimum Gasteiger partial charge on any atom is -0.347 e. The largest absolute Gasteiger partial charge is 0.347 e. The monoisotopic (exact) mass is 277 g/mol. The molecule has 0 fully saturated rings. The highest BCUT2D eigenvalue weighted by Crippen LogP contribution is 2.30. The predicted octanol–water partition coefficient (Wildman–Crippen LogP) is 3.99. The van der Waals surface area contributed by atoms with E-state index in [1.807, 2.05) is 36.5 Å². The Balaban J connectivity index is 1.99. The summed E-state index contributed by atoms with van der Waals surface area (Å²) in [6.45, 7) is 4.68. The van der Waals surface area contributed by atoms with E-state index >= 15 is 0 Å². The SMILES string of the molecule is CC(=O)/C(=C\N1CCc2cc(C)ccc21)c1ccccc1. The number of benzene rings is 2. The first kappa shape index (κ1) is 13.6. The van der Waals surface area contributed by atoms with Crippen molar-refractivity contribution in [2.45, 2.75) is 20.3 Å². The lowest BCUT2D eigenvalue weighted by Gasteiger charge is -2.16. The van der Waals surface area contributed by atoms with E-state index in [1.165, 1.54) is 16.8 Å². The Morgan fingerprint density at radius 1 is 1.14 bits per heavy atom. The molecule has 21 heavy (non-hydrogen) atoms. The normalized spacial score (nSPS) is 14.2. The maximum atomic E-state index is 12.0. The van der Waals surface area contributed by atoms with Gasteiger partial charge in [0, 0.05) is 24.0 Å². The van der Waals surface area contributed by atoms with Gasteiger partial charge in [0.05, 0.1) is 0 Å². The summed E-state index contributed by atoms with van der Waals surface area (Å²) >= 11 is 0. The fourth-order valence-corrected chi connectivity index (χ4v) is 2.83. The summed E-state index contributed by atoms with van der Waals surface area (Å²) in [5.74, 6) is 0.0989. The Morgan fingerprint density at radius 3 is 2.62 bits per heavy atom. The second kappa shape index (κ2) is 5.57. The predicted molar refractivity (Wildman–Crippen MR) is 87.3 cm³/mol. The number of ketones is 1. The van der Waals surface area contributed by atoms with Crippen LogP contribution in [0.4, 0.5) is 5.69 Å². The molecule has 0 saturated heterocycles. The average molecular weight is 277 g/mol. The van der Waals surface area contributed by atoms with E-state index < -0.39 is 0 Å². The minimum atomic E-state index is 0.0989. The number of aryl methyl sites for hydroxylation is 1. The number of carbonyl (C=O) groups is 1. The highest BCUT2D eigenvalue weighted by atomic mass is 16.1. The van der Waals surface area contributed by atoms with Crippen LogP contribution >= 0.6 is 0 Å². The van der Waals surface area contributed by atoms with Crippen LogP contribution < -0.4 is 4.90 Å². The molecule has 0 N–H and O–H groups in total. The van der Waals surface area contributed by atoms with Gasteiger partial charge in [0.1, 0.15) is 0 Å². The fourth-order valence-electron chi connectivity index (χ4n) is 2.83. The van der Waals surface area contributed by atoms with E-state index in [9.17, 15) is 4.79 Å². The molecule has 0 aliphatic carbocycles. The van der Waals surface area contributed by atoms with Crippen molar-refractivity contribution < 1.29 is 4.79 Å². The molecular formula is C19H19NO. The number of anilines is 1. The van der Waals surface area contributed by atoms with Crippen LogP contribution in [0.5, 0.6) is 0 Å². The smallest absolute Gasteiger partial charge is 0.161 e. The zero-order valence-corrected chi connectivity index (χ0v) is 12.5. The topological polar surface area (TPSA) is 20.3 Å². The van der Waals surface area contributed by atoms with Crippen molar-refractivity contribution in [3.05, 3.63) is 71.4 Å². The highest BCUT2D eigenvalue weighted by molar-refractivity contribution is 6.19. The number of fused-ring (bicyclic) bond motifs is 1. The molecule has 3 rings (SSSR count). The van der Waals surface area contributed by atoms with Crippen LogP contribution in [0, 0.1) is 6.92 Å². The summed E-state index contributed by atoms with van der Waals surface area (Å²) < 4.78 is 0. The molecule has 1 aliphatic rings. The van der Waals surface area contributed by atoms with Gasteiger partial charge < -0.3 is 4.90 Å². The van der Waals surface area contributed by atoms with Gasteiger partial charge in [-0.2, -0.15) is 0 Å². The zero-order valence-electron chi connectivity index (χ0n) is 12.5. The fraction of sp³-hybridized carbons (Fsp3) is 0.211. The first-order valence-corrected chi connectivity index (χ1v) is 7.29. The second-order valence-corrected chi connectivity index (χ2v) is 5.54.